The topological polar surface area (TPSA) is 78.1 Å². The minimum atomic E-state index is -0.408. The van der Waals surface area contributed by atoms with Crippen LogP contribution in [0.3, 0.4) is 0 Å². The number of rotatable bonds is 4. The number of nitrogens with one attached hydrogen (secondary N) is 2. The molecule has 0 radical (unpaired) electrons. The molecule has 1 saturated carbocycles. The van der Waals surface area contributed by atoms with Crippen LogP contribution in [0.4, 0.5) is 5.82 Å². The molecule has 3 rings (SSSR count). The second-order valence-electron chi connectivity index (χ2n) is 9.32. The molecule has 0 aromatic carbocycles. The smallest absolute Gasteiger partial charge is 0.230 e. The lowest BCUT2D eigenvalue weighted by atomic mass is 9.86. The van der Waals surface area contributed by atoms with Crippen molar-refractivity contribution in [2.45, 2.75) is 72.1 Å². The van der Waals surface area contributed by atoms with Crippen molar-refractivity contribution < 1.29 is 9.59 Å². The van der Waals surface area contributed by atoms with Gasteiger partial charge in [-0.25, -0.2) is 0 Å². The maximum Gasteiger partial charge on any atom is 0.230 e. The maximum atomic E-state index is 12.7. The number of carbonyl (C=O) groups excluding carboxylic acids is 2. The van der Waals surface area contributed by atoms with Crippen LogP contribution in [0, 0.1) is 17.3 Å². The van der Waals surface area contributed by atoms with Gasteiger partial charge < -0.3 is 10.2 Å². The van der Waals surface area contributed by atoms with Crippen LogP contribution in [0.5, 0.6) is 0 Å². The Morgan fingerprint density at radius 2 is 1.93 bits per heavy atom. The highest BCUT2D eigenvalue weighted by molar-refractivity contribution is 5.92. The molecule has 2 aliphatic rings. The fourth-order valence-electron chi connectivity index (χ4n) is 4.31. The second-order valence-corrected chi connectivity index (χ2v) is 9.32. The van der Waals surface area contributed by atoms with Crippen molar-refractivity contribution in [1.82, 2.24) is 15.1 Å². The van der Waals surface area contributed by atoms with Crippen LogP contribution in [0.15, 0.2) is 6.07 Å². The van der Waals surface area contributed by atoms with Crippen LogP contribution < -0.4 is 5.32 Å². The molecule has 1 saturated heterocycles. The highest BCUT2D eigenvalue weighted by atomic mass is 16.2. The van der Waals surface area contributed by atoms with Gasteiger partial charge in [-0.1, -0.05) is 52.9 Å². The Labute approximate surface area is 162 Å². The van der Waals surface area contributed by atoms with Crippen LogP contribution >= 0.6 is 0 Å². The number of likely N-dealkylation sites (tertiary alicyclic amines) is 1. The summed E-state index contributed by atoms with van der Waals surface area (Å²) in [6, 6.07) is 1.97. The number of anilines is 1. The van der Waals surface area contributed by atoms with E-state index in [1.807, 2.05) is 31.7 Å². The summed E-state index contributed by atoms with van der Waals surface area (Å²) in [6.45, 7) is 7.03. The van der Waals surface area contributed by atoms with Gasteiger partial charge in [0.15, 0.2) is 5.82 Å². The Kier molecular flexibility index (Phi) is 6.22. The number of aromatic nitrogens is 2. The number of aromatic amines is 1. The fraction of sp³-hybridized carbons (Fsp3) is 0.762. The number of H-pyrrole nitrogens is 1. The molecule has 1 aliphatic heterocycles. The first kappa shape index (κ1) is 19.9. The Morgan fingerprint density at radius 1 is 1.19 bits per heavy atom. The van der Waals surface area contributed by atoms with E-state index in [4.69, 9.17) is 0 Å². The van der Waals surface area contributed by atoms with E-state index in [-0.39, 0.29) is 17.7 Å². The summed E-state index contributed by atoms with van der Waals surface area (Å²) in [5, 5.41) is 10.3. The third-order valence-corrected chi connectivity index (χ3v) is 5.84. The first-order valence-corrected chi connectivity index (χ1v) is 10.5. The molecular formula is C21H34N4O2. The molecular weight excluding hydrogens is 340 g/mol. The van der Waals surface area contributed by atoms with Gasteiger partial charge in [-0.3, -0.25) is 14.7 Å². The summed E-state index contributed by atoms with van der Waals surface area (Å²) in [7, 11) is 0. The van der Waals surface area contributed by atoms with Crippen molar-refractivity contribution >= 4 is 17.6 Å². The van der Waals surface area contributed by atoms with Crippen LogP contribution in [0.25, 0.3) is 0 Å². The average Bonchev–Trinajstić information content (AvgIpc) is 3.08. The molecule has 6 heteroatoms. The summed E-state index contributed by atoms with van der Waals surface area (Å²) in [5.74, 6) is 1.26. The van der Waals surface area contributed by atoms with Gasteiger partial charge in [-0.05, 0) is 25.2 Å². The van der Waals surface area contributed by atoms with Gasteiger partial charge in [0.25, 0.3) is 0 Å². The third kappa shape index (κ3) is 5.33. The Hall–Kier alpha value is -1.85. The van der Waals surface area contributed by atoms with Crippen molar-refractivity contribution in [3.8, 4) is 0 Å². The maximum absolute atomic E-state index is 12.7. The van der Waals surface area contributed by atoms with Crippen molar-refractivity contribution in [2.24, 2.45) is 17.3 Å². The van der Waals surface area contributed by atoms with Gasteiger partial charge >= 0.3 is 0 Å². The van der Waals surface area contributed by atoms with E-state index in [0.717, 1.165) is 37.4 Å². The molecule has 1 aliphatic carbocycles. The number of carbonyl (C=O) groups is 2. The number of amides is 2. The second kappa shape index (κ2) is 8.44. The lowest BCUT2D eigenvalue weighted by molar-refractivity contribution is -0.142. The molecule has 2 amide bonds. The lowest BCUT2D eigenvalue weighted by Gasteiger charge is -2.35. The van der Waals surface area contributed by atoms with Crippen molar-refractivity contribution in [2.75, 3.05) is 18.4 Å². The van der Waals surface area contributed by atoms with Gasteiger partial charge in [0.1, 0.15) is 0 Å². The minimum absolute atomic E-state index is 0.0304. The quantitative estimate of drug-likeness (QED) is 0.842. The molecule has 1 aromatic heterocycles. The number of hydrogen-bond acceptors (Lipinski definition) is 3. The monoisotopic (exact) mass is 374 g/mol. The Morgan fingerprint density at radius 3 is 2.63 bits per heavy atom. The summed E-state index contributed by atoms with van der Waals surface area (Å²) < 4.78 is 0. The van der Waals surface area contributed by atoms with Crippen molar-refractivity contribution in [3.63, 3.8) is 0 Å². The molecule has 1 unspecified atom stereocenters. The molecule has 2 heterocycles. The van der Waals surface area contributed by atoms with Gasteiger partial charge in [0.2, 0.25) is 11.8 Å². The van der Waals surface area contributed by atoms with Crippen molar-refractivity contribution in [1.29, 1.82) is 0 Å². The fourth-order valence-corrected chi connectivity index (χ4v) is 4.31. The highest BCUT2D eigenvalue weighted by Gasteiger charge is 2.33. The standard InChI is InChI=1S/C21H34N4O2/c1-21(2,3)20(27)25-11-7-10-16(14-25)19(26)22-18-13-17(23-24-18)12-15-8-5-4-6-9-15/h13,15-16H,4-12,14H2,1-3H3,(H2,22,23,24,26). The average molecular weight is 375 g/mol. The van der Waals surface area contributed by atoms with Crippen LogP contribution in [0.2, 0.25) is 0 Å². The van der Waals surface area contributed by atoms with Crippen LogP contribution in [0.1, 0.15) is 71.4 Å². The molecule has 1 atom stereocenters. The van der Waals surface area contributed by atoms with Crippen molar-refractivity contribution in [3.05, 3.63) is 11.8 Å². The number of piperidine rings is 1. The zero-order valence-corrected chi connectivity index (χ0v) is 17.0. The summed E-state index contributed by atoms with van der Waals surface area (Å²) in [6.07, 6.45) is 9.30. The molecule has 0 spiro atoms. The number of hydrogen-bond donors (Lipinski definition) is 2. The first-order valence-electron chi connectivity index (χ1n) is 10.5. The van der Waals surface area contributed by atoms with E-state index >= 15 is 0 Å². The molecule has 27 heavy (non-hydrogen) atoms. The summed E-state index contributed by atoms with van der Waals surface area (Å²) in [5.41, 5.74) is 0.694. The first-order chi connectivity index (χ1) is 12.8. The van der Waals surface area contributed by atoms with E-state index in [0.29, 0.717) is 12.4 Å². The molecule has 2 N–H and O–H groups in total. The molecule has 1 aromatic rings. The third-order valence-electron chi connectivity index (χ3n) is 5.84. The van der Waals surface area contributed by atoms with Crippen LogP contribution in [-0.4, -0.2) is 40.0 Å². The molecule has 6 nitrogen and oxygen atoms in total. The van der Waals surface area contributed by atoms with Gasteiger partial charge in [-0.15, -0.1) is 0 Å². The van der Waals surface area contributed by atoms with Gasteiger partial charge in [0, 0.05) is 30.3 Å². The predicted octanol–water partition coefficient (Wildman–Crippen LogP) is 3.76. The molecule has 150 valence electrons. The van der Waals surface area contributed by atoms with Crippen LogP contribution in [-0.2, 0) is 16.0 Å². The Bertz CT molecular complexity index is 655. The largest absolute Gasteiger partial charge is 0.341 e. The van der Waals surface area contributed by atoms with E-state index < -0.39 is 5.41 Å². The minimum Gasteiger partial charge on any atom is -0.341 e. The van der Waals surface area contributed by atoms with Gasteiger partial charge in [-0.2, -0.15) is 5.10 Å². The van der Waals surface area contributed by atoms with E-state index in [9.17, 15) is 9.59 Å². The molecule has 2 fully saturated rings. The lowest BCUT2D eigenvalue weighted by Crippen LogP contribution is -2.47. The van der Waals surface area contributed by atoms with E-state index in [1.165, 1.54) is 32.1 Å². The molecule has 0 bridgehead atoms. The normalized spacial score (nSPS) is 21.9. The Balaban J connectivity index is 1.53. The SMILES string of the molecule is CC(C)(C)C(=O)N1CCCC(C(=O)Nc2cc(CC3CCCCC3)[nH]n2)C1. The summed E-state index contributed by atoms with van der Waals surface area (Å²) >= 11 is 0. The predicted molar refractivity (Wildman–Crippen MR) is 106 cm³/mol. The zero-order valence-electron chi connectivity index (χ0n) is 17.0. The number of nitrogens with zero attached hydrogens (tertiary/aromatic N) is 2. The van der Waals surface area contributed by atoms with E-state index in [1.54, 1.807) is 0 Å². The summed E-state index contributed by atoms with van der Waals surface area (Å²) in [4.78, 5) is 27.0. The highest BCUT2D eigenvalue weighted by Crippen LogP contribution is 2.27. The van der Waals surface area contributed by atoms with Gasteiger partial charge in [0.05, 0.1) is 5.92 Å². The zero-order chi connectivity index (χ0) is 19.4. The van der Waals surface area contributed by atoms with E-state index in [2.05, 4.69) is 15.5 Å².